The van der Waals surface area contributed by atoms with E-state index in [1.165, 1.54) is 29.0 Å². The zero-order valence-electron chi connectivity index (χ0n) is 17.6. The summed E-state index contributed by atoms with van der Waals surface area (Å²) in [6.45, 7) is 5.16. The van der Waals surface area contributed by atoms with Gasteiger partial charge < -0.3 is 14.3 Å². The molecule has 10 heteroatoms. The molecular formula is C22H21N7O2S. The van der Waals surface area contributed by atoms with Crippen molar-refractivity contribution in [1.29, 1.82) is 0 Å². The number of hydrogen-bond acceptors (Lipinski definition) is 7. The maximum atomic E-state index is 12.8. The lowest BCUT2D eigenvalue weighted by Crippen LogP contribution is -2.22. The van der Waals surface area contributed by atoms with Gasteiger partial charge in [-0.2, -0.15) is 5.10 Å². The largest absolute Gasteiger partial charge is 0.414 e. The Kier molecular flexibility index (Phi) is 5.36. The minimum Gasteiger partial charge on any atom is -0.414 e. The molecule has 0 fully saturated rings. The second-order valence-corrected chi connectivity index (χ2v) is 8.59. The zero-order valence-corrected chi connectivity index (χ0v) is 18.4. The van der Waals surface area contributed by atoms with Gasteiger partial charge in [-0.05, 0) is 38.1 Å². The highest BCUT2D eigenvalue weighted by molar-refractivity contribution is 8.00. The number of carbonyl (C=O) groups excluding carboxylic acids is 1. The number of fused-ring (bicyclic) bond motifs is 3. The van der Waals surface area contributed by atoms with Crippen molar-refractivity contribution in [1.82, 2.24) is 29.5 Å². The van der Waals surface area contributed by atoms with Crippen LogP contribution in [0.4, 0.5) is 5.69 Å². The summed E-state index contributed by atoms with van der Waals surface area (Å²) in [5.74, 6) is 0.271. The minimum atomic E-state index is -0.414. The maximum Gasteiger partial charge on any atom is 0.277 e. The van der Waals surface area contributed by atoms with E-state index in [0.29, 0.717) is 17.7 Å². The molecule has 5 aromatic rings. The SMILES string of the molecule is CCn1c2ccccc2c2cc(NC(=O)C(C)Sc3nnc(Cn4cncn4)o3)ccc21. The number of rotatable bonds is 7. The predicted molar refractivity (Wildman–Crippen MR) is 122 cm³/mol. The van der Waals surface area contributed by atoms with Crippen LogP contribution in [0.1, 0.15) is 19.7 Å². The van der Waals surface area contributed by atoms with E-state index in [4.69, 9.17) is 4.42 Å². The van der Waals surface area contributed by atoms with Crippen LogP contribution < -0.4 is 5.32 Å². The van der Waals surface area contributed by atoms with Crippen molar-refractivity contribution in [2.24, 2.45) is 0 Å². The average Bonchev–Trinajstić information content (AvgIpc) is 3.53. The number of benzene rings is 2. The molecule has 0 saturated carbocycles. The van der Waals surface area contributed by atoms with Crippen LogP contribution in [0.2, 0.25) is 0 Å². The Morgan fingerprint density at radius 1 is 1.16 bits per heavy atom. The van der Waals surface area contributed by atoms with Gasteiger partial charge in [-0.1, -0.05) is 30.0 Å². The molecule has 2 aromatic carbocycles. The first kappa shape index (κ1) is 20.3. The third kappa shape index (κ3) is 3.84. The van der Waals surface area contributed by atoms with Gasteiger partial charge in [0.2, 0.25) is 11.8 Å². The first-order valence-electron chi connectivity index (χ1n) is 10.3. The van der Waals surface area contributed by atoms with Gasteiger partial charge in [-0.3, -0.25) is 4.79 Å². The second kappa shape index (κ2) is 8.46. The summed E-state index contributed by atoms with van der Waals surface area (Å²) in [5, 5.41) is 17.3. The van der Waals surface area contributed by atoms with Gasteiger partial charge in [0.1, 0.15) is 19.2 Å². The van der Waals surface area contributed by atoms with Crippen LogP contribution in [-0.2, 0) is 17.9 Å². The molecule has 0 aliphatic carbocycles. The molecule has 5 rings (SSSR count). The smallest absolute Gasteiger partial charge is 0.277 e. The number of nitrogens with one attached hydrogen (secondary N) is 1. The maximum absolute atomic E-state index is 12.8. The van der Waals surface area contributed by atoms with Crippen LogP contribution >= 0.6 is 11.8 Å². The van der Waals surface area contributed by atoms with E-state index in [9.17, 15) is 4.79 Å². The molecule has 1 amide bonds. The normalized spacial score (nSPS) is 12.4. The summed E-state index contributed by atoms with van der Waals surface area (Å²) in [4.78, 5) is 16.7. The number of aryl methyl sites for hydroxylation is 1. The van der Waals surface area contributed by atoms with E-state index in [0.717, 1.165) is 23.1 Å². The van der Waals surface area contributed by atoms with E-state index in [2.05, 4.69) is 55.3 Å². The highest BCUT2D eigenvalue weighted by Gasteiger charge is 2.19. The molecule has 1 N–H and O–H groups in total. The molecular weight excluding hydrogens is 426 g/mol. The Balaban J connectivity index is 1.30. The lowest BCUT2D eigenvalue weighted by Gasteiger charge is -2.10. The summed E-state index contributed by atoms with van der Waals surface area (Å²) in [5.41, 5.74) is 3.10. The number of nitrogens with zero attached hydrogens (tertiary/aromatic N) is 6. The van der Waals surface area contributed by atoms with Gasteiger partial charge in [-0.25, -0.2) is 9.67 Å². The summed E-state index contributed by atoms with van der Waals surface area (Å²) in [6, 6.07) is 14.3. The topological polar surface area (TPSA) is 104 Å². The molecule has 0 saturated heterocycles. The van der Waals surface area contributed by atoms with Crippen LogP contribution in [0.3, 0.4) is 0 Å². The van der Waals surface area contributed by atoms with Crippen LogP contribution in [0, 0.1) is 0 Å². The van der Waals surface area contributed by atoms with Crippen molar-refractivity contribution in [3.63, 3.8) is 0 Å². The molecule has 162 valence electrons. The minimum absolute atomic E-state index is 0.135. The Morgan fingerprint density at radius 2 is 2.00 bits per heavy atom. The zero-order chi connectivity index (χ0) is 22.1. The molecule has 3 heterocycles. The first-order valence-corrected chi connectivity index (χ1v) is 11.1. The predicted octanol–water partition coefficient (Wildman–Crippen LogP) is 3.96. The molecule has 0 spiro atoms. The first-order chi connectivity index (χ1) is 15.6. The standard InChI is InChI=1S/C22H21N7O2S/c1-3-29-18-7-5-4-6-16(18)17-10-15(8-9-19(17)29)25-21(30)14(2)32-22-27-26-20(31-22)11-28-13-23-12-24-28/h4-10,12-14H,3,11H2,1-2H3,(H,25,30). The summed E-state index contributed by atoms with van der Waals surface area (Å²) in [6.07, 6.45) is 3.01. The van der Waals surface area contributed by atoms with Crippen LogP contribution in [0.5, 0.6) is 0 Å². The molecule has 32 heavy (non-hydrogen) atoms. The van der Waals surface area contributed by atoms with E-state index >= 15 is 0 Å². The van der Waals surface area contributed by atoms with Crippen molar-refractivity contribution >= 4 is 45.2 Å². The van der Waals surface area contributed by atoms with Crippen molar-refractivity contribution in [3.05, 3.63) is 61.0 Å². The molecule has 0 aliphatic rings. The van der Waals surface area contributed by atoms with Gasteiger partial charge in [0.05, 0.1) is 5.25 Å². The molecule has 3 aromatic heterocycles. The molecule has 0 bridgehead atoms. The molecule has 1 atom stereocenters. The number of amides is 1. The van der Waals surface area contributed by atoms with Gasteiger partial charge >= 0.3 is 0 Å². The summed E-state index contributed by atoms with van der Waals surface area (Å²) < 4.78 is 9.48. The highest BCUT2D eigenvalue weighted by Crippen LogP contribution is 2.31. The van der Waals surface area contributed by atoms with Gasteiger partial charge in [0, 0.05) is 34.0 Å². The lowest BCUT2D eigenvalue weighted by atomic mass is 10.1. The molecule has 9 nitrogen and oxygen atoms in total. The summed E-state index contributed by atoms with van der Waals surface area (Å²) >= 11 is 1.22. The molecule has 1 unspecified atom stereocenters. The number of thioether (sulfide) groups is 1. The fourth-order valence-corrected chi connectivity index (χ4v) is 4.42. The quantitative estimate of drug-likeness (QED) is 0.377. The number of hydrogen-bond donors (Lipinski definition) is 1. The third-order valence-electron chi connectivity index (χ3n) is 5.22. The van der Waals surface area contributed by atoms with Crippen LogP contribution in [0.25, 0.3) is 21.8 Å². The van der Waals surface area contributed by atoms with Gasteiger partial charge in [0.25, 0.3) is 5.22 Å². The van der Waals surface area contributed by atoms with Crippen molar-refractivity contribution in [2.45, 2.75) is 37.4 Å². The monoisotopic (exact) mass is 447 g/mol. The Bertz CT molecular complexity index is 1390. The Labute approximate surface area is 187 Å². The van der Waals surface area contributed by atoms with E-state index < -0.39 is 5.25 Å². The highest BCUT2D eigenvalue weighted by atomic mass is 32.2. The van der Waals surface area contributed by atoms with E-state index in [1.54, 1.807) is 11.0 Å². The molecule has 0 aliphatic heterocycles. The molecule has 0 radical (unpaired) electrons. The Morgan fingerprint density at radius 3 is 2.81 bits per heavy atom. The van der Waals surface area contributed by atoms with Crippen LogP contribution in [-0.4, -0.2) is 40.7 Å². The average molecular weight is 448 g/mol. The number of anilines is 1. The second-order valence-electron chi connectivity index (χ2n) is 7.30. The van der Waals surface area contributed by atoms with Crippen molar-refractivity contribution in [2.75, 3.05) is 5.32 Å². The van der Waals surface area contributed by atoms with E-state index in [1.807, 2.05) is 31.2 Å². The number of carbonyl (C=O) groups is 1. The lowest BCUT2D eigenvalue weighted by molar-refractivity contribution is -0.115. The Hall–Kier alpha value is -3.66. The number of aromatic nitrogens is 6. The summed E-state index contributed by atoms with van der Waals surface area (Å²) in [7, 11) is 0. The van der Waals surface area contributed by atoms with Crippen LogP contribution in [0.15, 0.2) is 64.8 Å². The fourth-order valence-electron chi connectivity index (χ4n) is 3.72. The number of para-hydroxylation sites is 1. The fraction of sp³-hybridized carbons (Fsp3) is 0.227. The van der Waals surface area contributed by atoms with Gasteiger partial charge in [-0.15, -0.1) is 10.2 Å². The van der Waals surface area contributed by atoms with Gasteiger partial charge in [0.15, 0.2) is 0 Å². The third-order valence-corrected chi connectivity index (χ3v) is 6.15. The van der Waals surface area contributed by atoms with Crippen molar-refractivity contribution < 1.29 is 9.21 Å². The van der Waals surface area contributed by atoms with E-state index in [-0.39, 0.29) is 5.91 Å². The van der Waals surface area contributed by atoms with Crippen molar-refractivity contribution in [3.8, 4) is 0 Å².